The SMILES string of the molecule is CCCCC(=O)N1CC=C(c2ccc(C3CC(C(O)(C(F)(F)F)C(F)(F)F)=NN3c3ccccc3Cl)cc2)CC1. The summed E-state index contributed by atoms with van der Waals surface area (Å²) in [6, 6.07) is 11.6. The van der Waals surface area contributed by atoms with E-state index in [-0.39, 0.29) is 16.6 Å². The first-order valence-electron chi connectivity index (χ1n) is 12.8. The number of hydrogen-bond donors (Lipinski definition) is 1. The Morgan fingerprint density at radius 3 is 2.25 bits per heavy atom. The molecule has 1 amide bonds. The number of rotatable bonds is 7. The Morgan fingerprint density at radius 2 is 1.70 bits per heavy atom. The molecule has 1 N–H and O–H groups in total. The molecular formula is C28H28ClF6N3O2. The fraction of sp³-hybridized carbons (Fsp3) is 0.429. The van der Waals surface area contributed by atoms with Crippen LogP contribution in [-0.4, -0.2) is 52.7 Å². The van der Waals surface area contributed by atoms with E-state index in [1.807, 2.05) is 13.0 Å². The summed E-state index contributed by atoms with van der Waals surface area (Å²) in [5, 5.41) is 14.8. The first kappa shape index (κ1) is 29.9. The lowest BCUT2D eigenvalue weighted by molar-refractivity contribution is -0.338. The number of para-hydroxylation sites is 1. The number of anilines is 1. The van der Waals surface area contributed by atoms with E-state index in [1.54, 1.807) is 35.2 Å². The molecule has 1 atom stereocenters. The summed E-state index contributed by atoms with van der Waals surface area (Å²) in [6.45, 7) is 3.04. The maximum absolute atomic E-state index is 13.7. The van der Waals surface area contributed by atoms with Crippen LogP contribution in [-0.2, 0) is 4.79 Å². The lowest BCUT2D eigenvalue weighted by Crippen LogP contribution is -2.62. The highest BCUT2D eigenvalue weighted by Gasteiger charge is 2.74. The van der Waals surface area contributed by atoms with Crippen LogP contribution in [0.25, 0.3) is 5.57 Å². The summed E-state index contributed by atoms with van der Waals surface area (Å²) in [5.74, 6) is 0.0990. The monoisotopic (exact) mass is 587 g/mol. The van der Waals surface area contributed by atoms with Crippen LogP contribution < -0.4 is 5.01 Å². The minimum absolute atomic E-state index is 0.0714. The molecule has 2 aliphatic heterocycles. The number of aliphatic hydroxyl groups is 1. The highest BCUT2D eigenvalue weighted by Crippen LogP contribution is 2.49. The van der Waals surface area contributed by atoms with Crippen LogP contribution in [0.1, 0.15) is 56.2 Å². The molecule has 40 heavy (non-hydrogen) atoms. The number of hydrogen-bond acceptors (Lipinski definition) is 4. The van der Waals surface area contributed by atoms with Crippen molar-refractivity contribution in [2.45, 2.75) is 63.0 Å². The van der Waals surface area contributed by atoms with Crippen LogP contribution in [0.2, 0.25) is 5.02 Å². The summed E-state index contributed by atoms with van der Waals surface area (Å²) in [4.78, 5) is 14.1. The van der Waals surface area contributed by atoms with Gasteiger partial charge in [-0.3, -0.25) is 9.80 Å². The van der Waals surface area contributed by atoms with Crippen LogP contribution in [0.3, 0.4) is 0 Å². The average molecular weight is 588 g/mol. The zero-order chi connectivity index (χ0) is 29.3. The van der Waals surface area contributed by atoms with Gasteiger partial charge in [0.25, 0.3) is 5.60 Å². The fourth-order valence-electron chi connectivity index (χ4n) is 4.90. The van der Waals surface area contributed by atoms with Gasteiger partial charge in [-0.15, -0.1) is 0 Å². The Hall–Kier alpha value is -3.05. The second-order valence-corrected chi connectivity index (χ2v) is 10.2. The van der Waals surface area contributed by atoms with Crippen molar-refractivity contribution in [3.8, 4) is 0 Å². The minimum atomic E-state index is -6.05. The molecule has 4 rings (SSSR count). The van der Waals surface area contributed by atoms with Gasteiger partial charge in [-0.05, 0) is 41.7 Å². The lowest BCUT2D eigenvalue weighted by atomic mass is 9.89. The van der Waals surface area contributed by atoms with Crippen molar-refractivity contribution >= 4 is 34.5 Å². The summed E-state index contributed by atoms with van der Waals surface area (Å²) < 4.78 is 82.0. The molecule has 0 saturated carbocycles. The standard InChI is InChI=1S/C28H28ClF6N3O2/c1-2-3-8-25(39)37-15-13-19(14-16-37)18-9-11-20(12-10-18)23-17-24(26(40,27(30,31)32)28(33,34)35)36-38(23)22-7-5-4-6-21(22)29/h4-7,9-13,23,40H,2-3,8,14-17H2,1H3. The van der Waals surface area contributed by atoms with Crippen LogP contribution >= 0.6 is 11.6 Å². The van der Waals surface area contributed by atoms with Crippen LogP contribution in [0.4, 0.5) is 32.0 Å². The van der Waals surface area contributed by atoms with Gasteiger partial charge in [0.2, 0.25) is 5.91 Å². The smallest absolute Gasteiger partial charge is 0.369 e. The summed E-state index contributed by atoms with van der Waals surface area (Å²) >= 11 is 6.23. The van der Waals surface area contributed by atoms with Gasteiger partial charge in [0.15, 0.2) is 0 Å². The van der Waals surface area contributed by atoms with Gasteiger partial charge in [0.05, 0.1) is 22.5 Å². The normalized spacial score (nSPS) is 18.6. The Labute approximate surface area is 232 Å². The molecular weight excluding hydrogens is 560 g/mol. The predicted octanol–water partition coefficient (Wildman–Crippen LogP) is 7.31. The van der Waals surface area contributed by atoms with E-state index in [2.05, 4.69) is 5.10 Å². The van der Waals surface area contributed by atoms with Gasteiger partial charge in [-0.2, -0.15) is 31.4 Å². The van der Waals surface area contributed by atoms with E-state index >= 15 is 0 Å². The number of unbranched alkanes of at least 4 members (excludes halogenated alkanes) is 1. The molecule has 2 aromatic carbocycles. The number of alkyl halides is 6. The molecule has 0 aromatic heterocycles. The van der Waals surface area contributed by atoms with Crippen LogP contribution in [0.15, 0.2) is 59.7 Å². The molecule has 0 saturated heterocycles. The Morgan fingerprint density at radius 1 is 1.05 bits per heavy atom. The third-order valence-corrected chi connectivity index (χ3v) is 7.54. The maximum Gasteiger partial charge on any atom is 0.431 e. The van der Waals surface area contributed by atoms with E-state index < -0.39 is 36.1 Å². The van der Waals surface area contributed by atoms with Crippen molar-refractivity contribution in [2.75, 3.05) is 18.1 Å². The number of benzene rings is 2. The van der Waals surface area contributed by atoms with Gasteiger partial charge in [-0.1, -0.05) is 67.4 Å². The minimum Gasteiger partial charge on any atom is -0.369 e. The van der Waals surface area contributed by atoms with Crippen molar-refractivity contribution < 1.29 is 36.2 Å². The second kappa shape index (κ2) is 11.4. The largest absolute Gasteiger partial charge is 0.431 e. The van der Waals surface area contributed by atoms with Crippen LogP contribution in [0.5, 0.6) is 0 Å². The molecule has 0 aliphatic carbocycles. The summed E-state index contributed by atoms with van der Waals surface area (Å²) in [6.07, 6.45) is -8.11. The molecule has 216 valence electrons. The van der Waals surface area contributed by atoms with E-state index in [4.69, 9.17) is 11.6 Å². The fourth-order valence-corrected chi connectivity index (χ4v) is 5.12. The molecule has 0 radical (unpaired) electrons. The first-order valence-corrected chi connectivity index (χ1v) is 13.2. The molecule has 0 spiro atoms. The molecule has 0 bridgehead atoms. The van der Waals surface area contributed by atoms with Crippen molar-refractivity contribution in [1.82, 2.24) is 4.90 Å². The van der Waals surface area contributed by atoms with E-state index in [0.717, 1.165) is 29.0 Å². The zero-order valence-corrected chi connectivity index (χ0v) is 22.3. The van der Waals surface area contributed by atoms with Gasteiger partial charge in [0, 0.05) is 25.9 Å². The highest BCUT2D eigenvalue weighted by molar-refractivity contribution is 6.33. The third-order valence-electron chi connectivity index (χ3n) is 7.22. The van der Waals surface area contributed by atoms with Gasteiger partial charge >= 0.3 is 12.4 Å². The Bertz CT molecular complexity index is 1280. The molecule has 0 fully saturated rings. The lowest BCUT2D eigenvalue weighted by Gasteiger charge is -2.32. The van der Waals surface area contributed by atoms with Crippen molar-refractivity contribution in [1.29, 1.82) is 0 Å². The summed E-state index contributed by atoms with van der Waals surface area (Å²) in [7, 11) is 0. The number of carbonyl (C=O) groups is 1. The number of hydrazone groups is 1. The van der Waals surface area contributed by atoms with Gasteiger partial charge in [0.1, 0.15) is 0 Å². The Balaban J connectivity index is 1.63. The molecule has 1 unspecified atom stereocenters. The predicted molar refractivity (Wildman–Crippen MR) is 141 cm³/mol. The van der Waals surface area contributed by atoms with Gasteiger partial charge < -0.3 is 10.0 Å². The van der Waals surface area contributed by atoms with E-state index in [1.165, 1.54) is 18.2 Å². The van der Waals surface area contributed by atoms with Crippen molar-refractivity contribution in [3.05, 3.63) is 70.8 Å². The van der Waals surface area contributed by atoms with Crippen molar-refractivity contribution in [2.24, 2.45) is 5.10 Å². The highest BCUT2D eigenvalue weighted by atomic mass is 35.5. The summed E-state index contributed by atoms with van der Waals surface area (Å²) in [5.41, 5.74) is -4.29. The number of halogens is 7. The van der Waals surface area contributed by atoms with E-state index in [9.17, 15) is 36.2 Å². The first-order chi connectivity index (χ1) is 18.8. The number of amides is 1. The molecule has 12 heteroatoms. The second-order valence-electron chi connectivity index (χ2n) is 9.81. The van der Waals surface area contributed by atoms with Gasteiger partial charge in [-0.25, -0.2) is 0 Å². The zero-order valence-electron chi connectivity index (χ0n) is 21.6. The molecule has 2 aromatic rings. The average Bonchev–Trinajstić information content (AvgIpc) is 3.36. The van der Waals surface area contributed by atoms with Crippen LogP contribution in [0, 0.1) is 0 Å². The third kappa shape index (κ3) is 5.72. The molecule has 5 nitrogen and oxygen atoms in total. The number of carbonyl (C=O) groups excluding carboxylic acids is 1. The Kier molecular flexibility index (Phi) is 8.56. The molecule has 2 heterocycles. The quantitative estimate of drug-likeness (QED) is 0.346. The topological polar surface area (TPSA) is 56.1 Å². The van der Waals surface area contributed by atoms with E-state index in [0.29, 0.717) is 31.5 Å². The van der Waals surface area contributed by atoms with Crippen molar-refractivity contribution in [3.63, 3.8) is 0 Å². The molecule has 2 aliphatic rings. The number of nitrogens with zero attached hydrogens (tertiary/aromatic N) is 3. The maximum atomic E-state index is 13.7.